The van der Waals surface area contributed by atoms with Crippen LogP contribution in [-0.4, -0.2) is 113 Å². The first kappa shape index (κ1) is 44.2. The molecule has 1 aliphatic heterocycles. The molecule has 2 aromatic carbocycles. The van der Waals surface area contributed by atoms with E-state index in [-0.39, 0.29) is 55.6 Å². The lowest BCUT2D eigenvalue weighted by atomic mass is 9.92. The summed E-state index contributed by atoms with van der Waals surface area (Å²) in [5.74, 6) is -3.54. The van der Waals surface area contributed by atoms with E-state index in [1.807, 2.05) is 50.6 Å². The van der Waals surface area contributed by atoms with E-state index in [9.17, 15) is 34.2 Å². The first-order valence-corrected chi connectivity index (χ1v) is 18.4. The van der Waals surface area contributed by atoms with Gasteiger partial charge in [0.15, 0.2) is 6.19 Å². The maximum absolute atomic E-state index is 13.4. The normalized spacial score (nSPS) is 15.6. The predicted octanol–water partition coefficient (Wildman–Crippen LogP) is 2.78. The quantitative estimate of drug-likeness (QED) is 0.0532. The molecule has 1 fully saturated rings. The molecule has 55 heavy (non-hydrogen) atoms. The largest absolute Gasteiger partial charge is 0.480 e. The number of guanidine groups is 1. The number of hydrogen-bond donors (Lipinski definition) is 7. The highest BCUT2D eigenvalue weighted by atomic mass is 35.5. The lowest BCUT2D eigenvalue weighted by Gasteiger charge is -2.37. The number of amides is 3. The monoisotopic (exact) mass is 781 g/mol. The third kappa shape index (κ3) is 16.3. The second-order valence-electron chi connectivity index (χ2n) is 15.1. The SMILES string of the molecule is CC(C)CC(NC(=O)Cc1ccc(N=C(NC#N)Nc2ccc(Cl)cc2)cc1)C(=O)NC(CN1CCN(CC(NC(=O)CC(C)(C)C)C(=O)O)CC1)C(=O)O. The summed E-state index contributed by atoms with van der Waals surface area (Å²) in [4.78, 5) is 71.2. The summed E-state index contributed by atoms with van der Waals surface area (Å²) < 4.78 is 0. The smallest absolute Gasteiger partial charge is 0.327 e. The minimum atomic E-state index is -1.25. The van der Waals surface area contributed by atoms with Crippen LogP contribution in [0.2, 0.25) is 5.02 Å². The van der Waals surface area contributed by atoms with Crippen molar-refractivity contribution in [2.24, 2.45) is 16.3 Å². The van der Waals surface area contributed by atoms with Crippen LogP contribution < -0.4 is 26.6 Å². The third-order valence-electron chi connectivity index (χ3n) is 8.47. The lowest BCUT2D eigenvalue weighted by molar-refractivity contribution is -0.143. The van der Waals surface area contributed by atoms with Crippen LogP contribution in [0.15, 0.2) is 53.5 Å². The summed E-state index contributed by atoms with van der Waals surface area (Å²) in [6.45, 7) is 11.3. The van der Waals surface area contributed by atoms with Gasteiger partial charge in [0.25, 0.3) is 0 Å². The topological polar surface area (TPSA) is 229 Å². The molecule has 7 N–H and O–H groups in total. The Kier molecular flexibility index (Phi) is 16.9. The number of rotatable bonds is 17. The van der Waals surface area contributed by atoms with Gasteiger partial charge < -0.3 is 31.5 Å². The summed E-state index contributed by atoms with van der Waals surface area (Å²) in [6, 6.07) is 10.3. The third-order valence-corrected chi connectivity index (χ3v) is 8.72. The van der Waals surface area contributed by atoms with E-state index < -0.39 is 41.9 Å². The zero-order chi connectivity index (χ0) is 40.7. The number of benzene rings is 2. The Bertz CT molecular complexity index is 1700. The molecule has 3 amide bonds. The summed E-state index contributed by atoms with van der Waals surface area (Å²) in [6.07, 6.45) is 2.26. The second kappa shape index (κ2) is 21.0. The fourth-order valence-corrected chi connectivity index (χ4v) is 5.93. The first-order chi connectivity index (χ1) is 25.9. The Balaban J connectivity index is 1.55. The maximum atomic E-state index is 13.4. The molecule has 3 unspecified atom stereocenters. The Hall–Kier alpha value is -5.24. The Morgan fingerprint density at radius 2 is 1.35 bits per heavy atom. The fraction of sp³-hybridized carbons (Fsp3) is 0.500. The number of halogens is 1. The fourth-order valence-electron chi connectivity index (χ4n) is 5.80. The van der Waals surface area contributed by atoms with Gasteiger partial charge in [-0.2, -0.15) is 5.26 Å². The molecule has 2 aromatic rings. The second-order valence-corrected chi connectivity index (χ2v) is 15.6. The van der Waals surface area contributed by atoms with Crippen molar-refractivity contribution >= 4 is 58.6 Å². The van der Waals surface area contributed by atoms with Gasteiger partial charge in [0.05, 0.1) is 12.1 Å². The van der Waals surface area contributed by atoms with Gasteiger partial charge in [0.2, 0.25) is 23.7 Å². The van der Waals surface area contributed by atoms with Crippen molar-refractivity contribution in [3.8, 4) is 6.19 Å². The van der Waals surface area contributed by atoms with Gasteiger partial charge >= 0.3 is 11.9 Å². The molecular formula is C38H52ClN9O7. The molecule has 0 spiro atoms. The lowest BCUT2D eigenvalue weighted by Crippen LogP contribution is -2.58. The number of aliphatic carboxylic acids is 2. The number of aliphatic imine (C=N–C) groups is 1. The van der Waals surface area contributed by atoms with Crippen molar-refractivity contribution in [1.82, 2.24) is 31.1 Å². The number of carboxylic acid groups (broad SMARTS) is 2. The number of nitriles is 1. The average Bonchev–Trinajstić information content (AvgIpc) is 3.09. The molecule has 298 valence electrons. The van der Waals surface area contributed by atoms with E-state index >= 15 is 0 Å². The van der Waals surface area contributed by atoms with Gasteiger partial charge in [-0.05, 0) is 59.7 Å². The molecule has 0 aliphatic carbocycles. The van der Waals surface area contributed by atoms with Crippen molar-refractivity contribution in [3.63, 3.8) is 0 Å². The zero-order valence-electron chi connectivity index (χ0n) is 31.9. The van der Waals surface area contributed by atoms with Crippen LogP contribution in [-0.2, 0) is 30.4 Å². The van der Waals surface area contributed by atoms with Gasteiger partial charge in [0, 0.05) is 56.4 Å². The van der Waals surface area contributed by atoms with Gasteiger partial charge in [0.1, 0.15) is 18.1 Å². The van der Waals surface area contributed by atoms with Crippen molar-refractivity contribution < 1.29 is 34.2 Å². The van der Waals surface area contributed by atoms with E-state index in [2.05, 4.69) is 31.6 Å². The average molecular weight is 782 g/mol. The molecular weight excluding hydrogens is 730 g/mol. The molecule has 16 nitrogen and oxygen atoms in total. The first-order valence-electron chi connectivity index (χ1n) is 18.1. The standard InChI is InChI=1S/C38H52ClN9O7/c1-24(2)18-29(44-32(49)19-25-6-10-27(11-7-25)42-37(41-23-40)43-28-12-8-26(39)9-13-28)34(51)46-31(36(54)55)22-48-16-14-47(15-17-48)21-30(35(52)53)45-33(50)20-38(3,4)5/h6-13,24,29-31H,14-22H2,1-5H3,(H,44,49)(H,45,50)(H,46,51)(H,52,53)(H,54,55)(H2,41,42,43). The Morgan fingerprint density at radius 1 is 0.818 bits per heavy atom. The minimum absolute atomic E-state index is 0.00937. The molecule has 3 rings (SSSR count). The van der Waals surface area contributed by atoms with Crippen LogP contribution in [0.25, 0.3) is 0 Å². The van der Waals surface area contributed by atoms with E-state index in [1.165, 1.54) is 0 Å². The van der Waals surface area contributed by atoms with Gasteiger partial charge in [-0.15, -0.1) is 0 Å². The van der Waals surface area contributed by atoms with Gasteiger partial charge in [-0.1, -0.05) is 58.4 Å². The van der Waals surface area contributed by atoms with Crippen LogP contribution in [0.5, 0.6) is 0 Å². The molecule has 0 bridgehead atoms. The molecule has 1 aliphatic rings. The van der Waals surface area contributed by atoms with Crippen molar-refractivity contribution in [1.29, 1.82) is 5.26 Å². The number of carboxylic acids is 2. The molecule has 1 heterocycles. The summed E-state index contributed by atoms with van der Waals surface area (Å²) in [7, 11) is 0. The summed E-state index contributed by atoms with van der Waals surface area (Å²) in [5.41, 5.74) is 1.52. The summed E-state index contributed by atoms with van der Waals surface area (Å²) >= 11 is 5.94. The van der Waals surface area contributed by atoms with Crippen molar-refractivity contribution in [2.45, 2.75) is 72.0 Å². The van der Waals surface area contributed by atoms with Crippen LogP contribution in [0, 0.1) is 22.8 Å². The molecule has 17 heteroatoms. The van der Waals surface area contributed by atoms with Crippen LogP contribution in [0.4, 0.5) is 11.4 Å². The predicted molar refractivity (Wildman–Crippen MR) is 209 cm³/mol. The summed E-state index contributed by atoms with van der Waals surface area (Å²) in [5, 5.41) is 42.9. The van der Waals surface area contributed by atoms with E-state index in [0.29, 0.717) is 48.1 Å². The molecule has 0 radical (unpaired) electrons. The van der Waals surface area contributed by atoms with Gasteiger partial charge in [-0.3, -0.25) is 29.5 Å². The number of carbonyl (C=O) groups is 5. The highest BCUT2D eigenvalue weighted by Crippen LogP contribution is 2.19. The van der Waals surface area contributed by atoms with Crippen LogP contribution >= 0.6 is 11.6 Å². The highest BCUT2D eigenvalue weighted by molar-refractivity contribution is 6.30. The van der Waals surface area contributed by atoms with Crippen molar-refractivity contribution in [2.75, 3.05) is 44.6 Å². The maximum Gasteiger partial charge on any atom is 0.327 e. The van der Waals surface area contributed by atoms with E-state index in [0.717, 1.165) is 0 Å². The van der Waals surface area contributed by atoms with E-state index in [1.54, 1.807) is 48.5 Å². The van der Waals surface area contributed by atoms with Crippen LogP contribution in [0.3, 0.4) is 0 Å². The molecule has 0 saturated carbocycles. The number of hydrogen-bond acceptors (Lipinski definition) is 9. The number of piperazine rings is 1. The Morgan fingerprint density at radius 3 is 1.84 bits per heavy atom. The van der Waals surface area contributed by atoms with Crippen molar-refractivity contribution in [3.05, 3.63) is 59.1 Å². The van der Waals surface area contributed by atoms with E-state index in [4.69, 9.17) is 16.9 Å². The highest BCUT2D eigenvalue weighted by Gasteiger charge is 2.31. The van der Waals surface area contributed by atoms with Crippen LogP contribution in [0.1, 0.15) is 53.0 Å². The number of anilines is 1. The zero-order valence-corrected chi connectivity index (χ0v) is 32.7. The number of nitrogens with zero attached hydrogens (tertiary/aromatic N) is 4. The molecule has 1 saturated heterocycles. The number of carbonyl (C=O) groups excluding carboxylic acids is 3. The number of nitrogens with one attached hydrogen (secondary N) is 5. The molecule has 3 atom stereocenters. The minimum Gasteiger partial charge on any atom is -0.480 e. The van der Waals surface area contributed by atoms with Gasteiger partial charge in [-0.25, -0.2) is 14.6 Å². The Labute approximate surface area is 326 Å². The molecule has 0 aromatic heterocycles.